The van der Waals surface area contributed by atoms with E-state index in [0.29, 0.717) is 11.0 Å². The number of nitrogens with two attached hydrogens (primary N) is 1. The van der Waals surface area contributed by atoms with E-state index in [-0.39, 0.29) is 0 Å². The van der Waals surface area contributed by atoms with Crippen LogP contribution in [0.5, 0.6) is 0 Å². The van der Waals surface area contributed by atoms with Crippen LogP contribution >= 0.6 is 0 Å². The predicted octanol–water partition coefficient (Wildman–Crippen LogP) is -0.895. The minimum Gasteiger partial charge on any atom is -0.480 e. The van der Waals surface area contributed by atoms with Crippen molar-refractivity contribution in [1.29, 1.82) is 0 Å². The first-order valence-electron chi connectivity index (χ1n) is 3.12. The molecule has 0 aromatic carbocycles. The summed E-state index contributed by atoms with van der Waals surface area (Å²) in [5.41, 5.74) is 5.29. The number of aliphatic carboxylic acids is 1. The van der Waals surface area contributed by atoms with Gasteiger partial charge in [0.2, 0.25) is 0 Å². The Morgan fingerprint density at radius 3 is 2.10 bits per heavy atom. The van der Waals surface area contributed by atoms with Crippen LogP contribution in [0.3, 0.4) is 0 Å². The van der Waals surface area contributed by atoms with E-state index in [1.54, 1.807) is 0 Å². The second-order valence-electron chi connectivity index (χ2n) is 3.42. The van der Waals surface area contributed by atoms with Gasteiger partial charge in [-0.1, -0.05) is 0 Å². The summed E-state index contributed by atoms with van der Waals surface area (Å²) in [6.07, 6.45) is 0. The van der Waals surface area contributed by atoms with Crippen LogP contribution in [0.1, 0.15) is 0 Å². The third kappa shape index (κ3) is 4.29. The van der Waals surface area contributed by atoms with Crippen LogP contribution in [-0.2, 0) is 4.79 Å². The highest BCUT2D eigenvalue weighted by atomic mass is 16.4. The fourth-order valence-corrected chi connectivity index (χ4v) is 0.668. The third-order valence-corrected chi connectivity index (χ3v) is 1.06. The van der Waals surface area contributed by atoms with Crippen LogP contribution in [0.15, 0.2) is 0 Å². The molecule has 0 amide bonds. The second kappa shape index (κ2) is 2.98. The molecule has 0 bridgehead atoms. The van der Waals surface area contributed by atoms with Crippen LogP contribution in [-0.4, -0.2) is 49.3 Å². The van der Waals surface area contributed by atoms with Crippen molar-refractivity contribution in [2.24, 2.45) is 5.73 Å². The summed E-state index contributed by atoms with van der Waals surface area (Å²) in [7, 11) is 5.72. The maximum Gasteiger partial charge on any atom is 0.326 e. The highest BCUT2D eigenvalue weighted by molar-refractivity contribution is 5.73. The molecule has 0 aromatic rings. The molecule has 60 valence electrons. The number of likely N-dealkylation sites (N-methyl/N-ethyl adjacent to an activating group) is 1. The molecular weight excluding hydrogens is 132 g/mol. The summed E-state index contributed by atoms with van der Waals surface area (Å²) >= 11 is 0. The maximum absolute atomic E-state index is 10.2. The van der Waals surface area contributed by atoms with Gasteiger partial charge in [-0.05, 0) is 0 Å². The van der Waals surface area contributed by atoms with E-state index in [2.05, 4.69) is 0 Å². The lowest BCUT2D eigenvalue weighted by Crippen LogP contribution is -2.48. The van der Waals surface area contributed by atoms with E-state index in [1.807, 2.05) is 21.1 Å². The molecule has 0 saturated heterocycles. The largest absolute Gasteiger partial charge is 0.480 e. The average Bonchev–Trinajstić information content (AvgIpc) is 1.60. The Hall–Kier alpha value is -0.610. The Kier molecular flexibility index (Phi) is 2.80. The van der Waals surface area contributed by atoms with Gasteiger partial charge in [0.1, 0.15) is 6.54 Å². The van der Waals surface area contributed by atoms with Crippen molar-refractivity contribution in [3.05, 3.63) is 0 Å². The number of hydrogen-bond donors (Lipinski definition) is 2. The average molecular weight is 147 g/mol. The molecule has 0 unspecified atom stereocenters. The molecule has 0 radical (unpaired) electrons. The fourth-order valence-electron chi connectivity index (χ4n) is 0.668. The highest BCUT2D eigenvalue weighted by Crippen LogP contribution is 1.91. The molecule has 0 aromatic heterocycles. The molecule has 4 nitrogen and oxygen atoms in total. The standard InChI is InChI=1S/C6H14N2O2/c1-8(2,3)4-5(7)6(9)10/h5H,4,7H2,1-3H3/p+1/t5-/m0/s1. The van der Waals surface area contributed by atoms with Crippen LogP contribution < -0.4 is 5.73 Å². The predicted molar refractivity (Wildman–Crippen MR) is 38.5 cm³/mol. The zero-order valence-electron chi connectivity index (χ0n) is 6.66. The Balaban J connectivity index is 3.80. The van der Waals surface area contributed by atoms with E-state index >= 15 is 0 Å². The van der Waals surface area contributed by atoms with Crippen molar-refractivity contribution < 1.29 is 14.4 Å². The molecule has 0 rings (SSSR count). The lowest BCUT2D eigenvalue weighted by molar-refractivity contribution is -0.870. The first-order chi connectivity index (χ1) is 4.33. The summed E-state index contributed by atoms with van der Waals surface area (Å²) in [5.74, 6) is -0.937. The summed E-state index contributed by atoms with van der Waals surface area (Å²) in [4.78, 5) is 10.2. The zero-order valence-corrected chi connectivity index (χ0v) is 6.66. The topological polar surface area (TPSA) is 63.3 Å². The molecule has 4 heteroatoms. The smallest absolute Gasteiger partial charge is 0.326 e. The minimum absolute atomic E-state index is 0.454. The van der Waals surface area contributed by atoms with Crippen LogP contribution in [0.4, 0.5) is 0 Å². The summed E-state index contributed by atoms with van der Waals surface area (Å²) in [6.45, 7) is 0.454. The Morgan fingerprint density at radius 2 is 2.00 bits per heavy atom. The van der Waals surface area contributed by atoms with Crippen molar-refractivity contribution >= 4 is 5.97 Å². The zero-order chi connectivity index (χ0) is 8.36. The lowest BCUT2D eigenvalue weighted by Gasteiger charge is -2.25. The molecule has 0 spiro atoms. The highest BCUT2D eigenvalue weighted by Gasteiger charge is 2.19. The number of carboxylic acid groups (broad SMARTS) is 1. The van der Waals surface area contributed by atoms with Gasteiger partial charge in [-0.25, -0.2) is 0 Å². The van der Waals surface area contributed by atoms with Crippen LogP contribution in [0.25, 0.3) is 0 Å². The van der Waals surface area contributed by atoms with E-state index in [1.165, 1.54) is 0 Å². The second-order valence-corrected chi connectivity index (χ2v) is 3.42. The van der Waals surface area contributed by atoms with Gasteiger partial charge >= 0.3 is 5.97 Å². The Labute approximate surface area is 60.8 Å². The molecule has 0 fully saturated rings. The molecule has 0 aliphatic carbocycles. The Bertz CT molecular complexity index is 128. The van der Waals surface area contributed by atoms with Gasteiger partial charge in [0.05, 0.1) is 21.1 Å². The number of nitrogens with zero attached hydrogens (tertiary/aromatic N) is 1. The minimum atomic E-state index is -0.937. The van der Waals surface area contributed by atoms with Crippen molar-refractivity contribution in [3.63, 3.8) is 0 Å². The molecule has 3 N–H and O–H groups in total. The van der Waals surface area contributed by atoms with Gasteiger partial charge in [0.25, 0.3) is 0 Å². The normalized spacial score (nSPS) is 14.8. The Morgan fingerprint density at radius 1 is 1.60 bits per heavy atom. The van der Waals surface area contributed by atoms with Crippen molar-refractivity contribution in [2.45, 2.75) is 6.04 Å². The monoisotopic (exact) mass is 147 g/mol. The molecule has 10 heavy (non-hydrogen) atoms. The molecule has 0 heterocycles. The fraction of sp³-hybridized carbons (Fsp3) is 0.833. The van der Waals surface area contributed by atoms with Crippen LogP contribution in [0.2, 0.25) is 0 Å². The number of rotatable bonds is 3. The first-order valence-corrected chi connectivity index (χ1v) is 3.12. The van der Waals surface area contributed by atoms with E-state index in [4.69, 9.17) is 10.8 Å². The molecule has 0 saturated carbocycles. The quantitative estimate of drug-likeness (QED) is 0.509. The maximum atomic E-state index is 10.2. The van der Waals surface area contributed by atoms with E-state index < -0.39 is 12.0 Å². The summed E-state index contributed by atoms with van der Waals surface area (Å²) in [6, 6.07) is -0.750. The molecular formula is C6H15N2O2+. The molecule has 0 aliphatic rings. The SMILES string of the molecule is C[N+](C)(C)C[C@H](N)C(=O)O. The lowest BCUT2D eigenvalue weighted by atomic mass is 10.3. The van der Waals surface area contributed by atoms with Gasteiger partial charge in [-0.3, -0.25) is 4.79 Å². The number of carbonyl (C=O) groups is 1. The number of hydrogen-bond acceptors (Lipinski definition) is 2. The summed E-state index contributed by atoms with van der Waals surface area (Å²) in [5, 5.41) is 8.41. The van der Waals surface area contributed by atoms with Crippen molar-refractivity contribution in [1.82, 2.24) is 0 Å². The van der Waals surface area contributed by atoms with E-state index in [9.17, 15) is 4.79 Å². The van der Waals surface area contributed by atoms with Crippen molar-refractivity contribution in [2.75, 3.05) is 27.7 Å². The molecule has 1 atom stereocenters. The van der Waals surface area contributed by atoms with Gasteiger partial charge < -0.3 is 15.3 Å². The number of carboxylic acids is 1. The number of quaternary nitrogens is 1. The van der Waals surface area contributed by atoms with E-state index in [0.717, 1.165) is 0 Å². The van der Waals surface area contributed by atoms with Gasteiger partial charge in [0, 0.05) is 0 Å². The van der Waals surface area contributed by atoms with Crippen molar-refractivity contribution in [3.8, 4) is 0 Å². The first kappa shape index (κ1) is 9.39. The van der Waals surface area contributed by atoms with Gasteiger partial charge in [-0.2, -0.15) is 0 Å². The molecule has 0 aliphatic heterocycles. The van der Waals surface area contributed by atoms with Gasteiger partial charge in [0.15, 0.2) is 6.04 Å². The third-order valence-electron chi connectivity index (χ3n) is 1.06. The van der Waals surface area contributed by atoms with Crippen LogP contribution in [0, 0.1) is 0 Å². The summed E-state index contributed by atoms with van der Waals surface area (Å²) < 4.78 is 0.577. The van der Waals surface area contributed by atoms with Gasteiger partial charge in [-0.15, -0.1) is 0 Å².